The second kappa shape index (κ2) is 4.02. The van der Waals surface area contributed by atoms with Gasteiger partial charge < -0.3 is 4.74 Å². The number of ether oxygens (including phenoxy) is 1. The molecule has 0 heterocycles. The summed E-state index contributed by atoms with van der Waals surface area (Å²) >= 11 is 0. The van der Waals surface area contributed by atoms with Crippen molar-refractivity contribution >= 4 is 15.7 Å². The van der Waals surface area contributed by atoms with Crippen LogP contribution in [0, 0.1) is 15.9 Å². The maximum atomic E-state index is 13.1. The zero-order valence-corrected chi connectivity index (χ0v) is 8.82. The monoisotopic (exact) mass is 250 g/mol. The number of halogens is 1. The Kier molecular flexibility index (Phi) is 3.10. The summed E-state index contributed by atoms with van der Waals surface area (Å²) in [5.74, 6) is -1.48. The van der Waals surface area contributed by atoms with E-state index in [1.807, 2.05) is 0 Å². The molecule has 0 spiro atoms. The largest absolute Gasteiger partial charge is 0.494 e. The molecule has 7 nitrogen and oxygen atoms in total. The maximum Gasteiger partial charge on any atom is 0.292 e. The van der Waals surface area contributed by atoms with Gasteiger partial charge in [-0.15, -0.1) is 0 Å². The molecule has 0 aliphatic heterocycles. The van der Waals surface area contributed by atoms with Gasteiger partial charge in [-0.25, -0.2) is 17.9 Å². The third kappa shape index (κ3) is 2.25. The van der Waals surface area contributed by atoms with E-state index < -0.39 is 37.1 Å². The lowest BCUT2D eigenvalue weighted by atomic mass is 10.3. The second-order valence-electron chi connectivity index (χ2n) is 2.76. The molecule has 0 aliphatic carbocycles. The SMILES string of the molecule is COc1cc(S(N)(=O)=O)c([N+](=O)[O-])cc1F. The zero-order valence-electron chi connectivity index (χ0n) is 8.01. The molecular formula is C7H7FN2O5S. The highest BCUT2D eigenvalue weighted by Crippen LogP contribution is 2.29. The first kappa shape index (κ1) is 12.3. The third-order valence-corrected chi connectivity index (χ3v) is 2.68. The lowest BCUT2D eigenvalue weighted by Gasteiger charge is -2.05. The van der Waals surface area contributed by atoms with Crippen LogP contribution in [-0.4, -0.2) is 20.5 Å². The van der Waals surface area contributed by atoms with Gasteiger partial charge in [-0.05, 0) is 0 Å². The summed E-state index contributed by atoms with van der Waals surface area (Å²) < 4.78 is 39.7. The summed E-state index contributed by atoms with van der Waals surface area (Å²) in [6.45, 7) is 0. The fraction of sp³-hybridized carbons (Fsp3) is 0.143. The van der Waals surface area contributed by atoms with Crippen LogP contribution >= 0.6 is 0 Å². The van der Waals surface area contributed by atoms with E-state index in [-0.39, 0.29) is 0 Å². The summed E-state index contributed by atoms with van der Waals surface area (Å²) in [4.78, 5) is 8.66. The molecule has 0 fully saturated rings. The molecular weight excluding hydrogens is 243 g/mol. The molecule has 0 saturated carbocycles. The highest BCUT2D eigenvalue weighted by atomic mass is 32.2. The molecule has 1 aromatic rings. The van der Waals surface area contributed by atoms with Crippen LogP contribution < -0.4 is 9.88 Å². The van der Waals surface area contributed by atoms with Gasteiger partial charge in [0.2, 0.25) is 10.0 Å². The maximum absolute atomic E-state index is 13.1. The van der Waals surface area contributed by atoms with E-state index in [2.05, 4.69) is 4.74 Å². The van der Waals surface area contributed by atoms with Crippen molar-refractivity contribution in [3.05, 3.63) is 28.1 Å². The highest BCUT2D eigenvalue weighted by Gasteiger charge is 2.26. The van der Waals surface area contributed by atoms with E-state index >= 15 is 0 Å². The van der Waals surface area contributed by atoms with E-state index in [1.165, 1.54) is 0 Å². The Hall–Kier alpha value is -1.74. The molecule has 2 N–H and O–H groups in total. The van der Waals surface area contributed by atoms with Crippen molar-refractivity contribution in [2.24, 2.45) is 5.14 Å². The standard InChI is InChI=1S/C7H7FN2O5S/c1-15-6-3-7(16(9,13)14)5(10(11)12)2-4(6)8/h2-3H,1H3,(H2,9,13,14). The number of nitrogens with zero attached hydrogens (tertiary/aromatic N) is 1. The predicted octanol–water partition coefficient (Wildman–Crippen LogP) is 0.390. The number of hydrogen-bond donors (Lipinski definition) is 1. The van der Waals surface area contributed by atoms with Gasteiger partial charge >= 0.3 is 0 Å². The number of primary sulfonamides is 1. The lowest BCUT2D eigenvalue weighted by Crippen LogP contribution is -2.14. The van der Waals surface area contributed by atoms with Gasteiger partial charge in [0.25, 0.3) is 5.69 Å². The number of nitro benzene ring substituents is 1. The Morgan fingerprint density at radius 3 is 2.44 bits per heavy atom. The Bertz CT molecular complexity index is 542. The van der Waals surface area contributed by atoms with Gasteiger partial charge in [-0.1, -0.05) is 0 Å². The molecule has 0 unspecified atom stereocenters. The summed E-state index contributed by atoms with van der Waals surface area (Å²) in [5.41, 5.74) is -0.930. The minimum atomic E-state index is -4.32. The Labute approximate surface area is 89.8 Å². The average molecular weight is 250 g/mol. The molecule has 0 atom stereocenters. The van der Waals surface area contributed by atoms with Gasteiger partial charge in [0.1, 0.15) is 0 Å². The minimum absolute atomic E-state index is 0.436. The fourth-order valence-corrected chi connectivity index (χ4v) is 1.75. The third-order valence-electron chi connectivity index (χ3n) is 1.74. The van der Waals surface area contributed by atoms with Crippen LogP contribution in [0.2, 0.25) is 0 Å². The Balaban J connectivity index is 3.62. The number of methoxy groups -OCH3 is 1. The summed E-state index contributed by atoms with van der Waals surface area (Å²) in [6.07, 6.45) is 0. The molecule has 0 saturated heterocycles. The summed E-state index contributed by atoms with van der Waals surface area (Å²) in [5, 5.41) is 15.3. The van der Waals surface area contributed by atoms with Crippen LogP contribution in [0.15, 0.2) is 17.0 Å². The fourth-order valence-electron chi connectivity index (χ4n) is 1.05. The van der Waals surface area contributed by atoms with Gasteiger partial charge in [-0.2, -0.15) is 0 Å². The molecule has 0 bridgehead atoms. The van der Waals surface area contributed by atoms with Crippen molar-refractivity contribution in [3.63, 3.8) is 0 Å². The van der Waals surface area contributed by atoms with Crippen LogP contribution in [0.1, 0.15) is 0 Å². The van der Waals surface area contributed by atoms with E-state index in [0.29, 0.717) is 12.1 Å². The number of nitrogens with two attached hydrogens (primary N) is 1. The normalized spacial score (nSPS) is 11.2. The van der Waals surface area contributed by atoms with E-state index in [0.717, 1.165) is 7.11 Å². The number of hydrogen-bond acceptors (Lipinski definition) is 5. The Morgan fingerprint density at radius 1 is 1.50 bits per heavy atom. The summed E-state index contributed by atoms with van der Waals surface area (Å²) in [7, 11) is -3.22. The van der Waals surface area contributed by atoms with Gasteiger partial charge in [0.05, 0.1) is 18.1 Å². The van der Waals surface area contributed by atoms with Crippen molar-refractivity contribution in [3.8, 4) is 5.75 Å². The molecule has 1 aromatic carbocycles. The highest BCUT2D eigenvalue weighted by molar-refractivity contribution is 7.89. The van der Waals surface area contributed by atoms with Crippen LogP contribution in [-0.2, 0) is 10.0 Å². The number of sulfonamides is 1. The predicted molar refractivity (Wildman–Crippen MR) is 51.0 cm³/mol. The number of nitro groups is 1. The van der Waals surface area contributed by atoms with Crippen molar-refractivity contribution in [1.29, 1.82) is 0 Å². The van der Waals surface area contributed by atoms with Gasteiger partial charge in [-0.3, -0.25) is 10.1 Å². The van der Waals surface area contributed by atoms with Crippen LogP contribution in [0.3, 0.4) is 0 Å². The quantitative estimate of drug-likeness (QED) is 0.615. The first-order valence-corrected chi connectivity index (χ1v) is 5.36. The van der Waals surface area contributed by atoms with E-state index in [9.17, 15) is 22.9 Å². The molecule has 0 amide bonds. The first-order chi connectivity index (χ1) is 7.27. The van der Waals surface area contributed by atoms with Gasteiger partial charge in [0.15, 0.2) is 16.5 Å². The summed E-state index contributed by atoms with van der Waals surface area (Å²) in [6, 6.07) is 1.11. The molecule has 0 radical (unpaired) electrons. The molecule has 0 aromatic heterocycles. The lowest BCUT2D eigenvalue weighted by molar-refractivity contribution is -0.388. The van der Waals surface area contributed by atoms with E-state index in [1.54, 1.807) is 0 Å². The minimum Gasteiger partial charge on any atom is -0.494 e. The van der Waals surface area contributed by atoms with Crippen molar-refractivity contribution in [2.75, 3.05) is 7.11 Å². The molecule has 0 aliphatic rings. The van der Waals surface area contributed by atoms with Crippen LogP contribution in [0.5, 0.6) is 5.75 Å². The molecule has 16 heavy (non-hydrogen) atoms. The van der Waals surface area contributed by atoms with Crippen LogP contribution in [0.25, 0.3) is 0 Å². The zero-order chi connectivity index (χ0) is 12.5. The van der Waals surface area contributed by atoms with Crippen molar-refractivity contribution in [1.82, 2.24) is 0 Å². The van der Waals surface area contributed by atoms with Crippen molar-refractivity contribution < 1.29 is 22.5 Å². The first-order valence-electron chi connectivity index (χ1n) is 3.82. The Morgan fingerprint density at radius 2 is 2.06 bits per heavy atom. The number of rotatable bonds is 3. The van der Waals surface area contributed by atoms with E-state index in [4.69, 9.17) is 5.14 Å². The molecule has 9 heteroatoms. The van der Waals surface area contributed by atoms with Crippen molar-refractivity contribution in [2.45, 2.75) is 4.90 Å². The smallest absolute Gasteiger partial charge is 0.292 e. The second-order valence-corrected chi connectivity index (χ2v) is 4.29. The van der Waals surface area contributed by atoms with Gasteiger partial charge in [0, 0.05) is 6.07 Å². The average Bonchev–Trinajstić information content (AvgIpc) is 2.15. The van der Waals surface area contributed by atoms with Crippen LogP contribution in [0.4, 0.5) is 10.1 Å². The number of benzene rings is 1. The molecule has 88 valence electrons. The topological polar surface area (TPSA) is 113 Å². The molecule has 1 rings (SSSR count).